The lowest BCUT2D eigenvalue weighted by atomic mass is 9.81. The van der Waals surface area contributed by atoms with E-state index in [0.717, 1.165) is 17.1 Å². The van der Waals surface area contributed by atoms with Crippen LogP contribution in [0.4, 0.5) is 0 Å². The summed E-state index contributed by atoms with van der Waals surface area (Å²) in [6.45, 7) is 21.2. The van der Waals surface area contributed by atoms with Crippen LogP contribution in [0.2, 0.25) is 16.6 Å². The van der Waals surface area contributed by atoms with Gasteiger partial charge in [-0.25, -0.2) is 0 Å². The van der Waals surface area contributed by atoms with Gasteiger partial charge >= 0.3 is 0 Å². The third-order valence-electron chi connectivity index (χ3n) is 7.85. The van der Waals surface area contributed by atoms with E-state index in [2.05, 4.69) is 121 Å². The Morgan fingerprint density at radius 1 is 0.818 bits per heavy atom. The van der Waals surface area contributed by atoms with Crippen LogP contribution in [0.1, 0.15) is 64.2 Å². The summed E-state index contributed by atoms with van der Waals surface area (Å²) < 4.78 is 6.64. The summed E-state index contributed by atoms with van der Waals surface area (Å²) in [5, 5.41) is 2.54. The quantitative estimate of drug-likeness (QED) is 0.349. The summed E-state index contributed by atoms with van der Waals surface area (Å²) in [7, 11) is -1.81. The van der Waals surface area contributed by atoms with Gasteiger partial charge in [0.2, 0.25) is 0 Å². The lowest BCUT2D eigenvalue weighted by Gasteiger charge is -2.42. The molecular weight excluding hydrogens is 416 g/mol. The Balaban J connectivity index is 1.92. The molecule has 172 valence electrons. The molecule has 1 heterocycles. The van der Waals surface area contributed by atoms with Gasteiger partial charge in [-0.3, -0.25) is 0 Å². The number of hydrogen-bond donors (Lipinski definition) is 0. The number of allylic oxidation sites excluding steroid dienone is 1. The lowest BCUT2D eigenvalue weighted by Crippen LogP contribution is -2.43. The van der Waals surface area contributed by atoms with Crippen LogP contribution in [-0.2, 0) is 0 Å². The molecule has 0 aliphatic carbocycles. The molecule has 0 bridgehead atoms. The zero-order valence-corrected chi connectivity index (χ0v) is 22.3. The van der Waals surface area contributed by atoms with Gasteiger partial charge in [-0.05, 0) is 51.5 Å². The van der Waals surface area contributed by atoms with Crippen LogP contribution in [0.5, 0.6) is 5.75 Å². The van der Waals surface area contributed by atoms with Gasteiger partial charge in [0.15, 0.2) is 0 Å². The van der Waals surface area contributed by atoms with Crippen LogP contribution in [-0.4, -0.2) is 8.07 Å². The number of aryl methyl sites for hydroxylation is 1. The standard InChI is InChI=1S/C31H38OSi/c1-20(2)33(21(3)4,22(5)6)19-30-24(8)31(28-17-23(7)13-16-29(28)32-30)27-15-14-25-11-9-10-12-26(25)18-27/h9-22,31H,8H2,1-7H3/b30-19-. The Labute approximate surface area is 201 Å². The Bertz CT molecular complexity index is 1190. The molecule has 3 aromatic carbocycles. The molecule has 0 saturated carbocycles. The van der Waals surface area contributed by atoms with E-state index in [1.54, 1.807) is 0 Å². The van der Waals surface area contributed by atoms with Crippen molar-refractivity contribution in [2.45, 2.75) is 71.0 Å². The summed E-state index contributed by atoms with van der Waals surface area (Å²) in [4.78, 5) is 0. The van der Waals surface area contributed by atoms with Crippen LogP contribution in [0.15, 0.2) is 84.3 Å². The number of hydrogen-bond acceptors (Lipinski definition) is 1. The van der Waals surface area contributed by atoms with Crippen molar-refractivity contribution in [2.75, 3.05) is 0 Å². The maximum absolute atomic E-state index is 6.64. The van der Waals surface area contributed by atoms with Crippen molar-refractivity contribution < 1.29 is 4.74 Å². The minimum atomic E-state index is -1.81. The van der Waals surface area contributed by atoms with E-state index in [9.17, 15) is 0 Å². The van der Waals surface area contributed by atoms with Gasteiger partial charge in [-0.2, -0.15) is 0 Å². The van der Waals surface area contributed by atoms with E-state index < -0.39 is 8.07 Å². The highest BCUT2D eigenvalue weighted by atomic mass is 28.3. The molecule has 33 heavy (non-hydrogen) atoms. The number of fused-ring (bicyclic) bond motifs is 2. The average Bonchev–Trinajstić information content (AvgIpc) is 2.76. The first kappa shape index (κ1) is 23.6. The van der Waals surface area contributed by atoms with Gasteiger partial charge in [-0.15, -0.1) is 0 Å². The monoisotopic (exact) mass is 454 g/mol. The van der Waals surface area contributed by atoms with Crippen LogP contribution in [0, 0.1) is 6.92 Å². The van der Waals surface area contributed by atoms with Gasteiger partial charge in [0.1, 0.15) is 11.5 Å². The van der Waals surface area contributed by atoms with Gasteiger partial charge in [0.05, 0.1) is 8.07 Å². The van der Waals surface area contributed by atoms with Crippen molar-refractivity contribution in [3.05, 3.63) is 101 Å². The van der Waals surface area contributed by atoms with E-state index in [1.165, 1.54) is 27.5 Å². The van der Waals surface area contributed by atoms with Crippen molar-refractivity contribution in [3.8, 4) is 5.75 Å². The third-order valence-corrected chi connectivity index (χ3v) is 14.6. The molecule has 1 unspecified atom stereocenters. The molecule has 0 radical (unpaired) electrons. The van der Waals surface area contributed by atoms with E-state index >= 15 is 0 Å². The normalized spacial score (nSPS) is 17.8. The van der Waals surface area contributed by atoms with Gasteiger partial charge in [-0.1, -0.05) is 114 Å². The summed E-state index contributed by atoms with van der Waals surface area (Å²) in [5.41, 5.74) is 9.26. The Kier molecular flexibility index (Phi) is 6.42. The van der Waals surface area contributed by atoms with Crippen molar-refractivity contribution >= 4 is 18.8 Å². The number of benzene rings is 3. The van der Waals surface area contributed by atoms with Crippen LogP contribution < -0.4 is 4.74 Å². The first-order valence-corrected chi connectivity index (χ1v) is 14.6. The summed E-state index contributed by atoms with van der Waals surface area (Å²) >= 11 is 0. The van der Waals surface area contributed by atoms with Crippen LogP contribution in [0.25, 0.3) is 10.8 Å². The zero-order chi connectivity index (χ0) is 23.9. The minimum absolute atomic E-state index is 0.0997. The topological polar surface area (TPSA) is 9.23 Å². The van der Waals surface area contributed by atoms with Gasteiger partial charge in [0, 0.05) is 11.5 Å². The second kappa shape index (κ2) is 8.99. The number of rotatable bonds is 5. The second-order valence-electron chi connectivity index (χ2n) is 10.7. The van der Waals surface area contributed by atoms with Crippen molar-refractivity contribution in [2.24, 2.45) is 0 Å². The van der Waals surface area contributed by atoms with Crippen molar-refractivity contribution in [3.63, 3.8) is 0 Å². The lowest BCUT2D eigenvalue weighted by molar-refractivity contribution is 0.408. The average molecular weight is 455 g/mol. The molecule has 0 spiro atoms. The molecule has 2 heteroatoms. The fourth-order valence-corrected chi connectivity index (χ4v) is 11.8. The minimum Gasteiger partial charge on any atom is -0.457 e. The first-order chi connectivity index (χ1) is 15.6. The molecule has 1 nitrogen and oxygen atoms in total. The molecule has 0 aromatic heterocycles. The highest BCUT2D eigenvalue weighted by molar-refractivity contribution is 6.88. The zero-order valence-electron chi connectivity index (χ0n) is 21.3. The van der Waals surface area contributed by atoms with Crippen molar-refractivity contribution in [1.82, 2.24) is 0 Å². The molecule has 0 saturated heterocycles. The predicted octanol–water partition coefficient (Wildman–Crippen LogP) is 9.33. The van der Waals surface area contributed by atoms with Crippen LogP contribution >= 0.6 is 0 Å². The molecule has 1 atom stereocenters. The second-order valence-corrected chi connectivity index (χ2v) is 16.4. The fraction of sp³-hybridized carbons (Fsp3) is 0.355. The molecule has 1 aliphatic rings. The highest BCUT2D eigenvalue weighted by Crippen LogP contribution is 2.49. The smallest absolute Gasteiger partial charge is 0.131 e. The molecule has 0 amide bonds. The Hall–Kier alpha value is -2.58. The molecule has 4 rings (SSSR count). The highest BCUT2D eigenvalue weighted by Gasteiger charge is 2.43. The Morgan fingerprint density at radius 2 is 1.45 bits per heavy atom. The van der Waals surface area contributed by atoms with E-state index in [-0.39, 0.29) is 5.92 Å². The Morgan fingerprint density at radius 3 is 2.09 bits per heavy atom. The van der Waals surface area contributed by atoms with E-state index in [0.29, 0.717) is 16.6 Å². The summed E-state index contributed by atoms with van der Waals surface area (Å²) in [6.07, 6.45) is 0. The largest absolute Gasteiger partial charge is 0.457 e. The maximum atomic E-state index is 6.64. The van der Waals surface area contributed by atoms with Gasteiger partial charge < -0.3 is 4.74 Å². The molecule has 0 N–H and O–H groups in total. The molecular formula is C31H38OSi. The SMILES string of the molecule is C=C1/C(=C/[Si](C(C)C)(C(C)C)C(C)C)Oc2ccc(C)cc2C1c1ccc2ccccc2c1. The summed E-state index contributed by atoms with van der Waals surface area (Å²) in [6, 6.07) is 22.0. The first-order valence-electron chi connectivity index (χ1n) is 12.3. The number of ether oxygens (including phenoxy) is 1. The summed E-state index contributed by atoms with van der Waals surface area (Å²) in [5.74, 6) is 2.06. The molecule has 0 fully saturated rings. The third kappa shape index (κ3) is 4.10. The van der Waals surface area contributed by atoms with Crippen LogP contribution in [0.3, 0.4) is 0 Å². The van der Waals surface area contributed by atoms with Crippen molar-refractivity contribution in [1.29, 1.82) is 0 Å². The molecule has 3 aromatic rings. The maximum Gasteiger partial charge on any atom is 0.131 e. The fourth-order valence-electron chi connectivity index (χ4n) is 6.12. The van der Waals surface area contributed by atoms with Gasteiger partial charge in [0.25, 0.3) is 0 Å². The van der Waals surface area contributed by atoms with E-state index in [4.69, 9.17) is 4.74 Å². The molecule has 1 aliphatic heterocycles. The predicted molar refractivity (Wildman–Crippen MR) is 146 cm³/mol. The van der Waals surface area contributed by atoms with E-state index in [1.807, 2.05) is 0 Å².